The molecule has 0 spiro atoms. The van der Waals surface area contributed by atoms with Crippen molar-refractivity contribution in [3.05, 3.63) is 59.9 Å². The highest BCUT2D eigenvalue weighted by molar-refractivity contribution is 7.99. The fourth-order valence-corrected chi connectivity index (χ4v) is 2.56. The van der Waals surface area contributed by atoms with Crippen LogP contribution in [-0.2, 0) is 0 Å². The first-order valence-electron chi connectivity index (χ1n) is 5.90. The van der Waals surface area contributed by atoms with Gasteiger partial charge in [0.2, 0.25) is 0 Å². The lowest BCUT2D eigenvalue weighted by Crippen LogP contribution is -2.00. The predicted molar refractivity (Wildman–Crippen MR) is 75.1 cm³/mol. The third kappa shape index (κ3) is 3.72. The minimum absolute atomic E-state index is 0.255. The van der Waals surface area contributed by atoms with E-state index in [2.05, 4.69) is 0 Å². The van der Waals surface area contributed by atoms with Crippen molar-refractivity contribution in [3.63, 3.8) is 0 Å². The monoisotopic (exact) mass is 278 g/mol. The molecule has 0 bridgehead atoms. The second-order valence-electron chi connectivity index (χ2n) is 4.03. The smallest absolute Gasteiger partial charge is 0.136 e. The molecule has 0 radical (unpaired) electrons. The van der Waals surface area contributed by atoms with E-state index < -0.39 is 6.10 Å². The molecule has 0 amide bonds. The number of ether oxygens (including phenoxy) is 1. The third-order valence-corrected chi connectivity index (χ3v) is 3.86. The van der Waals surface area contributed by atoms with Crippen molar-refractivity contribution < 1.29 is 14.2 Å². The van der Waals surface area contributed by atoms with Crippen molar-refractivity contribution in [2.75, 3.05) is 12.9 Å². The summed E-state index contributed by atoms with van der Waals surface area (Å²) in [6, 6.07) is 13.8. The standard InChI is InChI=1S/C15H15FO2S/c1-18-12-8-6-11(7-9-12)14(17)10-19-15-5-3-2-4-13(15)16/h2-9,14,17H,10H2,1H3. The molecule has 2 rings (SSSR count). The predicted octanol–water partition coefficient (Wildman–Crippen LogP) is 3.66. The largest absolute Gasteiger partial charge is 0.497 e. The molecule has 0 aliphatic rings. The third-order valence-electron chi connectivity index (χ3n) is 2.73. The van der Waals surface area contributed by atoms with Gasteiger partial charge < -0.3 is 9.84 Å². The molecule has 0 aliphatic carbocycles. The lowest BCUT2D eigenvalue weighted by molar-refractivity contribution is 0.204. The van der Waals surface area contributed by atoms with E-state index >= 15 is 0 Å². The van der Waals surface area contributed by atoms with Gasteiger partial charge in [0.1, 0.15) is 11.6 Å². The first-order valence-corrected chi connectivity index (χ1v) is 6.88. The summed E-state index contributed by atoms with van der Waals surface area (Å²) in [4.78, 5) is 0.551. The van der Waals surface area contributed by atoms with Crippen LogP contribution in [0.5, 0.6) is 5.75 Å². The zero-order valence-corrected chi connectivity index (χ0v) is 11.4. The van der Waals surface area contributed by atoms with Gasteiger partial charge in [-0.3, -0.25) is 0 Å². The van der Waals surface area contributed by atoms with Crippen LogP contribution in [0.1, 0.15) is 11.7 Å². The number of benzene rings is 2. The molecule has 0 aliphatic heterocycles. The quantitative estimate of drug-likeness (QED) is 0.846. The molecular weight excluding hydrogens is 263 g/mol. The van der Waals surface area contributed by atoms with Gasteiger partial charge in [-0.2, -0.15) is 0 Å². The molecule has 19 heavy (non-hydrogen) atoms. The Balaban J connectivity index is 1.97. The van der Waals surface area contributed by atoms with Crippen LogP contribution in [0.15, 0.2) is 53.4 Å². The van der Waals surface area contributed by atoms with Crippen molar-refractivity contribution in [1.82, 2.24) is 0 Å². The van der Waals surface area contributed by atoms with Gasteiger partial charge in [-0.15, -0.1) is 11.8 Å². The molecule has 2 aromatic carbocycles. The Morgan fingerprint density at radius 3 is 2.47 bits per heavy atom. The maximum atomic E-state index is 13.4. The molecule has 4 heteroatoms. The van der Waals surface area contributed by atoms with Crippen molar-refractivity contribution in [2.45, 2.75) is 11.0 Å². The molecule has 0 aromatic heterocycles. The number of aliphatic hydroxyl groups is 1. The van der Waals surface area contributed by atoms with E-state index in [0.717, 1.165) is 11.3 Å². The van der Waals surface area contributed by atoms with Crippen LogP contribution in [0, 0.1) is 5.82 Å². The van der Waals surface area contributed by atoms with Gasteiger partial charge >= 0.3 is 0 Å². The number of thioether (sulfide) groups is 1. The molecule has 0 saturated heterocycles. The minimum atomic E-state index is -0.629. The summed E-state index contributed by atoms with van der Waals surface area (Å²) in [6.07, 6.45) is -0.629. The molecule has 0 fully saturated rings. The molecule has 1 atom stereocenters. The Kier molecular flexibility index (Phi) is 4.82. The summed E-state index contributed by atoms with van der Waals surface area (Å²) in [5.74, 6) is 0.903. The zero-order chi connectivity index (χ0) is 13.7. The number of rotatable bonds is 5. The number of hydrogen-bond donors (Lipinski definition) is 1. The average Bonchev–Trinajstić information content (AvgIpc) is 2.46. The van der Waals surface area contributed by atoms with E-state index in [-0.39, 0.29) is 5.82 Å². The van der Waals surface area contributed by atoms with Crippen LogP contribution in [0.2, 0.25) is 0 Å². The minimum Gasteiger partial charge on any atom is -0.497 e. The fourth-order valence-electron chi connectivity index (χ4n) is 1.65. The molecule has 1 unspecified atom stereocenters. The van der Waals surface area contributed by atoms with E-state index in [1.165, 1.54) is 17.8 Å². The summed E-state index contributed by atoms with van der Waals surface area (Å²) in [6.45, 7) is 0. The van der Waals surface area contributed by atoms with Gasteiger partial charge in [0.15, 0.2) is 0 Å². The Labute approximate surface area is 116 Å². The van der Waals surface area contributed by atoms with Crippen molar-refractivity contribution >= 4 is 11.8 Å². The van der Waals surface area contributed by atoms with E-state index in [9.17, 15) is 9.50 Å². The summed E-state index contributed by atoms with van der Waals surface area (Å²) < 4.78 is 18.5. The van der Waals surface area contributed by atoms with Crippen molar-refractivity contribution in [3.8, 4) is 5.75 Å². The highest BCUT2D eigenvalue weighted by atomic mass is 32.2. The highest BCUT2D eigenvalue weighted by Crippen LogP contribution is 2.27. The molecule has 2 nitrogen and oxygen atoms in total. The second kappa shape index (κ2) is 6.59. The van der Waals surface area contributed by atoms with Crippen LogP contribution in [0.3, 0.4) is 0 Å². The number of hydrogen-bond acceptors (Lipinski definition) is 3. The number of methoxy groups -OCH3 is 1. The summed E-state index contributed by atoms with van der Waals surface area (Å²) >= 11 is 1.30. The molecule has 1 N–H and O–H groups in total. The molecule has 100 valence electrons. The lowest BCUT2D eigenvalue weighted by atomic mass is 10.1. The topological polar surface area (TPSA) is 29.5 Å². The molecule has 0 heterocycles. The van der Waals surface area contributed by atoms with E-state index in [1.807, 2.05) is 12.1 Å². The van der Waals surface area contributed by atoms with Crippen molar-refractivity contribution in [2.24, 2.45) is 0 Å². The van der Waals surface area contributed by atoms with Crippen LogP contribution >= 0.6 is 11.8 Å². The number of halogens is 1. The Hall–Kier alpha value is -1.52. The highest BCUT2D eigenvalue weighted by Gasteiger charge is 2.10. The Morgan fingerprint density at radius 2 is 1.84 bits per heavy atom. The van der Waals surface area contributed by atoms with Gasteiger partial charge in [0.25, 0.3) is 0 Å². The zero-order valence-electron chi connectivity index (χ0n) is 10.5. The Bertz CT molecular complexity index is 528. The SMILES string of the molecule is COc1ccc(C(O)CSc2ccccc2F)cc1. The van der Waals surface area contributed by atoms with E-state index in [4.69, 9.17) is 4.74 Å². The molecular formula is C15H15FO2S. The lowest BCUT2D eigenvalue weighted by Gasteiger charge is -2.11. The van der Waals surface area contributed by atoms with E-state index in [0.29, 0.717) is 10.6 Å². The van der Waals surface area contributed by atoms with Gasteiger partial charge in [-0.05, 0) is 29.8 Å². The molecule has 2 aromatic rings. The van der Waals surface area contributed by atoms with E-state index in [1.54, 1.807) is 37.4 Å². The second-order valence-corrected chi connectivity index (χ2v) is 5.09. The van der Waals surface area contributed by atoms with Crippen molar-refractivity contribution in [1.29, 1.82) is 0 Å². The fraction of sp³-hybridized carbons (Fsp3) is 0.200. The Morgan fingerprint density at radius 1 is 1.16 bits per heavy atom. The summed E-state index contributed by atoms with van der Waals surface area (Å²) in [5, 5.41) is 10.1. The maximum absolute atomic E-state index is 13.4. The number of aliphatic hydroxyl groups excluding tert-OH is 1. The van der Waals surface area contributed by atoms with Crippen LogP contribution in [0.25, 0.3) is 0 Å². The summed E-state index contributed by atoms with van der Waals surface area (Å²) in [5.41, 5.74) is 0.796. The average molecular weight is 278 g/mol. The summed E-state index contributed by atoms with van der Waals surface area (Å²) in [7, 11) is 1.60. The van der Waals surface area contributed by atoms with Gasteiger partial charge in [-0.1, -0.05) is 24.3 Å². The molecule has 0 saturated carbocycles. The van der Waals surface area contributed by atoms with Gasteiger partial charge in [0.05, 0.1) is 13.2 Å². The first kappa shape index (κ1) is 13.9. The normalized spacial score (nSPS) is 12.2. The van der Waals surface area contributed by atoms with Gasteiger partial charge in [0, 0.05) is 10.6 Å². The van der Waals surface area contributed by atoms with Crippen LogP contribution in [0.4, 0.5) is 4.39 Å². The van der Waals surface area contributed by atoms with Crippen LogP contribution < -0.4 is 4.74 Å². The first-order chi connectivity index (χ1) is 9.20. The van der Waals surface area contributed by atoms with Gasteiger partial charge in [-0.25, -0.2) is 4.39 Å². The maximum Gasteiger partial charge on any atom is 0.136 e. The van der Waals surface area contributed by atoms with Crippen LogP contribution in [-0.4, -0.2) is 18.0 Å².